The van der Waals surface area contributed by atoms with Crippen molar-refractivity contribution in [1.82, 2.24) is 16.5 Å². The van der Waals surface area contributed by atoms with E-state index in [1.165, 1.54) is 0 Å². The van der Waals surface area contributed by atoms with Gasteiger partial charge < -0.3 is 0 Å². The summed E-state index contributed by atoms with van der Waals surface area (Å²) in [5, 5.41) is 3.37. The zero-order valence-corrected chi connectivity index (χ0v) is 6.15. The Balaban J connectivity index is 3.17. The molecule has 54 valence electrons. The van der Waals surface area contributed by atoms with Crippen LogP contribution in [0.25, 0.3) is 0 Å². The molecular weight excluding hydrogens is 116 g/mol. The summed E-state index contributed by atoms with van der Waals surface area (Å²) in [4.78, 5) is 0. The highest BCUT2D eigenvalue weighted by Gasteiger charge is 2.06. The molecule has 0 bridgehead atoms. The average Bonchev–Trinajstić information content (AvgIpc) is 1.63. The molecule has 0 aliphatic rings. The van der Waals surface area contributed by atoms with Gasteiger partial charge in [-0.3, -0.25) is 0 Å². The fourth-order valence-electron chi connectivity index (χ4n) is 0.255. The second-order valence-electron chi connectivity index (χ2n) is 2.77. The van der Waals surface area contributed by atoms with Crippen molar-refractivity contribution in [1.29, 1.82) is 0 Å². The summed E-state index contributed by atoms with van der Waals surface area (Å²) in [6, 6.07) is 0. The maximum atomic E-state index is 3.37. The van der Waals surface area contributed by atoms with E-state index in [0.29, 0.717) is 0 Å². The van der Waals surface area contributed by atoms with Gasteiger partial charge in [0.05, 0.1) is 0 Å². The van der Waals surface area contributed by atoms with Crippen LogP contribution in [0, 0.1) is 0 Å². The summed E-state index contributed by atoms with van der Waals surface area (Å²) in [5.74, 6) is 0. The third-order valence-electron chi connectivity index (χ3n) is 0.572. The second kappa shape index (κ2) is 3.42. The Morgan fingerprint density at radius 3 is 2.22 bits per heavy atom. The molecule has 0 heterocycles. The van der Waals surface area contributed by atoms with E-state index in [2.05, 4.69) is 28.3 Å². The van der Waals surface area contributed by atoms with Crippen molar-refractivity contribution in [2.45, 2.75) is 26.3 Å². The summed E-state index contributed by atoms with van der Waals surface area (Å²) in [7, 11) is 0. The molecule has 4 nitrogen and oxygen atoms in total. The fraction of sp³-hybridized carbons (Fsp3) is 0.800. The number of rotatable bonds is 3. The maximum Gasteiger partial charge on any atom is 0.0257 e. The molecule has 3 N–H and O–H groups in total. The van der Waals surface area contributed by atoms with Gasteiger partial charge >= 0.3 is 0 Å². The highest BCUT2D eigenvalue weighted by Crippen LogP contribution is 1.94. The minimum absolute atomic E-state index is 0.0394. The van der Waals surface area contributed by atoms with Crippen LogP contribution in [0.2, 0.25) is 0 Å². The standard InChI is InChI=1S/C5H14N4/c1-5(2,3)7-9-8-6-4/h7-9H,4H2,1-3H3. The SMILES string of the molecule is C=NNNNC(C)(C)C. The third-order valence-corrected chi connectivity index (χ3v) is 0.572. The lowest BCUT2D eigenvalue weighted by Gasteiger charge is -2.19. The van der Waals surface area contributed by atoms with Crippen molar-refractivity contribution in [3.63, 3.8) is 0 Å². The van der Waals surface area contributed by atoms with E-state index in [1.54, 1.807) is 0 Å². The smallest absolute Gasteiger partial charge is 0.0257 e. The lowest BCUT2D eigenvalue weighted by Crippen LogP contribution is -2.50. The lowest BCUT2D eigenvalue weighted by atomic mass is 10.1. The van der Waals surface area contributed by atoms with Crippen LogP contribution < -0.4 is 16.5 Å². The van der Waals surface area contributed by atoms with Gasteiger partial charge in [-0.2, -0.15) is 10.6 Å². The molecule has 0 aliphatic carbocycles. The molecular formula is C5H14N4. The molecule has 0 atom stereocenters. The van der Waals surface area contributed by atoms with Gasteiger partial charge in [-0.25, -0.2) is 11.0 Å². The van der Waals surface area contributed by atoms with Crippen molar-refractivity contribution >= 4 is 6.72 Å². The van der Waals surface area contributed by atoms with Crippen LogP contribution >= 0.6 is 0 Å². The molecule has 0 unspecified atom stereocenters. The van der Waals surface area contributed by atoms with Gasteiger partial charge in [0.15, 0.2) is 0 Å². The van der Waals surface area contributed by atoms with E-state index >= 15 is 0 Å². The first kappa shape index (κ1) is 8.39. The minimum Gasteiger partial charge on any atom is -0.233 e. The Morgan fingerprint density at radius 1 is 1.33 bits per heavy atom. The Hall–Kier alpha value is -0.610. The van der Waals surface area contributed by atoms with Crippen LogP contribution in [0.15, 0.2) is 5.10 Å². The van der Waals surface area contributed by atoms with Crippen molar-refractivity contribution in [2.24, 2.45) is 5.10 Å². The maximum absolute atomic E-state index is 3.37. The third kappa shape index (κ3) is 7.39. The van der Waals surface area contributed by atoms with Crippen molar-refractivity contribution in [3.05, 3.63) is 0 Å². The van der Waals surface area contributed by atoms with Crippen molar-refractivity contribution < 1.29 is 0 Å². The van der Waals surface area contributed by atoms with E-state index in [0.717, 1.165) is 0 Å². The molecule has 0 aromatic carbocycles. The van der Waals surface area contributed by atoms with E-state index in [-0.39, 0.29) is 5.54 Å². The van der Waals surface area contributed by atoms with Crippen LogP contribution in [0.1, 0.15) is 20.8 Å². The predicted molar refractivity (Wildman–Crippen MR) is 38.7 cm³/mol. The molecule has 0 amide bonds. The normalized spacial score (nSPS) is 11.0. The first-order chi connectivity index (χ1) is 4.06. The summed E-state index contributed by atoms with van der Waals surface area (Å²) >= 11 is 0. The number of hydrogen-bond acceptors (Lipinski definition) is 4. The summed E-state index contributed by atoms with van der Waals surface area (Å²) < 4.78 is 0. The van der Waals surface area contributed by atoms with Crippen LogP contribution in [-0.2, 0) is 0 Å². The Morgan fingerprint density at radius 2 is 1.89 bits per heavy atom. The zero-order chi connectivity index (χ0) is 7.33. The number of nitrogens with zero attached hydrogens (tertiary/aromatic N) is 1. The number of hydrogen-bond donors (Lipinski definition) is 3. The molecule has 0 fully saturated rings. The summed E-state index contributed by atoms with van der Waals surface area (Å²) in [5.41, 5.74) is 8.07. The van der Waals surface area contributed by atoms with Crippen LogP contribution in [0.4, 0.5) is 0 Å². The van der Waals surface area contributed by atoms with Gasteiger partial charge in [0.25, 0.3) is 0 Å². The Bertz CT molecular complexity index is 83.4. The molecule has 4 heteroatoms. The van der Waals surface area contributed by atoms with E-state index in [4.69, 9.17) is 0 Å². The van der Waals surface area contributed by atoms with Gasteiger partial charge in [-0.15, -0.1) is 0 Å². The average molecular weight is 130 g/mol. The quantitative estimate of drug-likeness (QED) is 0.286. The zero-order valence-electron chi connectivity index (χ0n) is 6.15. The largest absolute Gasteiger partial charge is 0.233 e. The van der Waals surface area contributed by atoms with E-state index < -0.39 is 0 Å². The number of hydrazine groups is 2. The molecule has 0 saturated heterocycles. The first-order valence-corrected chi connectivity index (χ1v) is 2.79. The second-order valence-corrected chi connectivity index (χ2v) is 2.77. The van der Waals surface area contributed by atoms with E-state index in [1.807, 2.05) is 20.8 Å². The Labute approximate surface area is 55.7 Å². The number of hydrazone groups is 1. The van der Waals surface area contributed by atoms with Crippen LogP contribution in [-0.4, -0.2) is 12.3 Å². The van der Waals surface area contributed by atoms with Crippen molar-refractivity contribution in [3.8, 4) is 0 Å². The minimum atomic E-state index is 0.0394. The molecule has 0 rings (SSSR count). The highest BCUT2D eigenvalue weighted by molar-refractivity contribution is 5.21. The van der Waals surface area contributed by atoms with Crippen LogP contribution in [0.3, 0.4) is 0 Å². The molecule has 0 radical (unpaired) electrons. The number of nitrogens with one attached hydrogen (secondary N) is 3. The molecule has 9 heavy (non-hydrogen) atoms. The lowest BCUT2D eigenvalue weighted by molar-refractivity contribution is 0.319. The van der Waals surface area contributed by atoms with Crippen LogP contribution in [0.5, 0.6) is 0 Å². The monoisotopic (exact) mass is 130 g/mol. The molecule has 0 saturated carbocycles. The first-order valence-electron chi connectivity index (χ1n) is 2.79. The van der Waals surface area contributed by atoms with Gasteiger partial charge in [-0.1, -0.05) is 0 Å². The van der Waals surface area contributed by atoms with Gasteiger partial charge in [0, 0.05) is 12.3 Å². The van der Waals surface area contributed by atoms with Gasteiger partial charge in [0.1, 0.15) is 0 Å². The summed E-state index contributed by atoms with van der Waals surface area (Å²) in [6.45, 7) is 9.31. The highest BCUT2D eigenvalue weighted by atomic mass is 15.7. The fourth-order valence-corrected chi connectivity index (χ4v) is 0.255. The van der Waals surface area contributed by atoms with Gasteiger partial charge in [0.2, 0.25) is 0 Å². The molecule has 0 aromatic heterocycles. The molecule has 0 spiro atoms. The predicted octanol–water partition coefficient (Wildman–Crippen LogP) is -0.000700. The van der Waals surface area contributed by atoms with E-state index in [9.17, 15) is 0 Å². The van der Waals surface area contributed by atoms with Gasteiger partial charge in [-0.05, 0) is 20.8 Å². The Kier molecular flexibility index (Phi) is 3.19. The van der Waals surface area contributed by atoms with Crippen molar-refractivity contribution in [2.75, 3.05) is 0 Å². The molecule has 0 aliphatic heterocycles. The molecule has 0 aromatic rings. The summed E-state index contributed by atoms with van der Waals surface area (Å²) in [6.07, 6.45) is 0. The topological polar surface area (TPSA) is 48.5 Å².